The summed E-state index contributed by atoms with van der Waals surface area (Å²) in [5.41, 5.74) is 0.461. The largest absolute Gasteiger partial charge is 0.351 e. The van der Waals surface area contributed by atoms with Crippen LogP contribution < -0.4 is 11.2 Å². The topological polar surface area (TPSA) is 106 Å². The molecular weight excluding hydrogens is 407 g/mol. The van der Waals surface area contributed by atoms with Crippen LogP contribution in [-0.2, 0) is 16.1 Å². The second kappa shape index (κ2) is 10.7. The summed E-state index contributed by atoms with van der Waals surface area (Å²) >= 11 is 1.57. The number of halogens is 1. The zero-order valence-electron chi connectivity index (χ0n) is 16.8. The Labute approximate surface area is 180 Å². The second-order valence-corrected chi connectivity index (χ2v) is 8.56. The maximum atomic E-state index is 13.6. The van der Waals surface area contributed by atoms with E-state index in [1.807, 2.05) is 4.90 Å². The number of rotatable bonds is 7. The van der Waals surface area contributed by atoms with Crippen LogP contribution in [0.4, 0.5) is 4.39 Å². The Balaban J connectivity index is 1.38. The Kier molecular flexibility index (Phi) is 8.04. The van der Waals surface area contributed by atoms with Crippen LogP contribution in [0.15, 0.2) is 24.3 Å². The Bertz CT molecular complexity index is 796. The molecule has 3 N–H and O–H groups in total. The van der Waals surface area contributed by atoms with Crippen molar-refractivity contribution in [2.24, 2.45) is 5.84 Å². The summed E-state index contributed by atoms with van der Waals surface area (Å²) in [4.78, 5) is 28.2. The Hall–Kier alpha value is -2.19. The maximum absolute atomic E-state index is 13.6. The molecule has 30 heavy (non-hydrogen) atoms. The lowest BCUT2D eigenvalue weighted by Gasteiger charge is -2.36. The molecule has 1 aromatic rings. The molecule has 2 fully saturated rings. The van der Waals surface area contributed by atoms with Crippen molar-refractivity contribution in [3.8, 4) is 6.07 Å². The van der Waals surface area contributed by atoms with Crippen molar-refractivity contribution in [1.82, 2.24) is 20.1 Å². The predicted molar refractivity (Wildman–Crippen MR) is 112 cm³/mol. The summed E-state index contributed by atoms with van der Waals surface area (Å²) < 4.78 is 13.6. The number of nitrogens with one attached hydrogen (secondary N) is 1. The predicted octanol–water partition coefficient (Wildman–Crippen LogP) is 0.507. The fourth-order valence-electron chi connectivity index (χ4n) is 3.68. The average Bonchev–Trinajstić information content (AvgIpc) is 3.23. The van der Waals surface area contributed by atoms with Gasteiger partial charge in [0.15, 0.2) is 0 Å². The maximum Gasteiger partial charge on any atom is 0.239 e. The number of nitriles is 1. The van der Waals surface area contributed by atoms with Crippen LogP contribution in [0.25, 0.3) is 0 Å². The van der Waals surface area contributed by atoms with E-state index >= 15 is 0 Å². The van der Waals surface area contributed by atoms with Gasteiger partial charge >= 0.3 is 0 Å². The van der Waals surface area contributed by atoms with Crippen LogP contribution in [0.5, 0.6) is 0 Å². The lowest BCUT2D eigenvalue weighted by Crippen LogP contribution is -2.53. The quantitative estimate of drug-likeness (QED) is 0.476. The molecular formula is C20H27FN6O2S. The van der Waals surface area contributed by atoms with E-state index < -0.39 is 0 Å². The highest BCUT2D eigenvalue weighted by molar-refractivity contribution is 7.99. The second-order valence-electron chi connectivity index (χ2n) is 7.56. The number of hydrogen-bond acceptors (Lipinski definition) is 7. The number of amides is 2. The van der Waals surface area contributed by atoms with Crippen molar-refractivity contribution in [2.45, 2.75) is 31.5 Å². The summed E-state index contributed by atoms with van der Waals surface area (Å²) in [5.74, 6) is 6.72. The van der Waals surface area contributed by atoms with Gasteiger partial charge in [-0.1, -0.05) is 18.2 Å². The SMILES string of the molecule is N#C[C@@H]1CSCN1C(=O)CN(N)C1CCN(CC(=O)NCc2ccccc2F)CC1. The zero-order chi connectivity index (χ0) is 21.5. The number of carbonyl (C=O) groups is 2. The van der Waals surface area contributed by atoms with Gasteiger partial charge in [-0.05, 0) is 18.9 Å². The van der Waals surface area contributed by atoms with Crippen LogP contribution in [-0.4, -0.2) is 76.5 Å². The molecule has 1 aromatic carbocycles. The van der Waals surface area contributed by atoms with Crippen molar-refractivity contribution in [3.05, 3.63) is 35.6 Å². The standard InChI is InChI=1S/C20H27FN6O2S/c21-18-4-2-1-3-15(18)10-24-19(28)11-25-7-5-16(6-8-25)27(23)12-20(29)26-14-30-13-17(26)9-22/h1-4,16-17H,5-8,10-14,23H2,(H,24,28)/t17-/m1/s1. The van der Waals surface area contributed by atoms with E-state index in [-0.39, 0.29) is 49.3 Å². The Morgan fingerprint density at radius 1 is 1.33 bits per heavy atom. The lowest BCUT2D eigenvalue weighted by atomic mass is 10.0. The van der Waals surface area contributed by atoms with Crippen molar-refractivity contribution in [2.75, 3.05) is 37.8 Å². The minimum Gasteiger partial charge on any atom is -0.351 e. The third-order valence-corrected chi connectivity index (χ3v) is 6.51. The number of nitrogens with zero attached hydrogens (tertiary/aromatic N) is 4. The van der Waals surface area contributed by atoms with Gasteiger partial charge in [-0.15, -0.1) is 11.8 Å². The summed E-state index contributed by atoms with van der Waals surface area (Å²) in [6.07, 6.45) is 1.50. The van der Waals surface area contributed by atoms with Gasteiger partial charge in [-0.25, -0.2) is 9.40 Å². The molecule has 2 saturated heterocycles. The molecule has 2 amide bonds. The van der Waals surface area contributed by atoms with Crippen molar-refractivity contribution >= 4 is 23.6 Å². The first kappa shape index (κ1) is 22.5. The number of carbonyl (C=O) groups excluding carboxylic acids is 2. The van der Waals surface area contributed by atoms with E-state index in [9.17, 15) is 14.0 Å². The molecule has 1 atom stereocenters. The number of hydrogen-bond donors (Lipinski definition) is 2. The number of hydrazine groups is 1. The summed E-state index contributed by atoms with van der Waals surface area (Å²) in [6.45, 7) is 1.89. The van der Waals surface area contributed by atoms with Crippen molar-refractivity contribution in [1.29, 1.82) is 5.26 Å². The van der Waals surface area contributed by atoms with Gasteiger partial charge < -0.3 is 10.2 Å². The molecule has 0 saturated carbocycles. The first-order valence-electron chi connectivity index (χ1n) is 9.98. The van der Waals surface area contributed by atoms with Crippen molar-refractivity contribution in [3.63, 3.8) is 0 Å². The van der Waals surface area contributed by atoms with Gasteiger partial charge in [0, 0.05) is 37.0 Å². The number of likely N-dealkylation sites (tertiary alicyclic amines) is 1. The highest BCUT2D eigenvalue weighted by Crippen LogP contribution is 2.21. The molecule has 0 spiro atoms. The molecule has 2 heterocycles. The molecule has 8 nitrogen and oxygen atoms in total. The Morgan fingerprint density at radius 2 is 2.07 bits per heavy atom. The van der Waals surface area contributed by atoms with Gasteiger partial charge in [0.25, 0.3) is 0 Å². The van der Waals surface area contributed by atoms with E-state index in [1.54, 1.807) is 39.9 Å². The number of thioether (sulfide) groups is 1. The van der Waals surface area contributed by atoms with E-state index in [1.165, 1.54) is 6.07 Å². The molecule has 2 aliphatic rings. The molecule has 0 unspecified atom stereocenters. The monoisotopic (exact) mass is 434 g/mol. The fraction of sp³-hybridized carbons (Fsp3) is 0.550. The summed E-state index contributed by atoms with van der Waals surface area (Å²) in [6, 6.07) is 8.22. The number of piperidine rings is 1. The van der Waals surface area contributed by atoms with Crippen LogP contribution in [0.3, 0.4) is 0 Å². The molecule has 0 aromatic heterocycles. The van der Waals surface area contributed by atoms with Crippen LogP contribution in [0.2, 0.25) is 0 Å². The van der Waals surface area contributed by atoms with Gasteiger partial charge in [0.05, 0.1) is 25.0 Å². The van der Waals surface area contributed by atoms with Gasteiger partial charge in [-0.2, -0.15) is 5.26 Å². The molecule has 2 aliphatic heterocycles. The number of nitrogens with two attached hydrogens (primary N) is 1. The van der Waals surface area contributed by atoms with E-state index in [0.29, 0.717) is 30.3 Å². The van der Waals surface area contributed by atoms with Gasteiger partial charge in [-0.3, -0.25) is 20.3 Å². The summed E-state index contributed by atoms with van der Waals surface area (Å²) in [7, 11) is 0. The molecule has 10 heteroatoms. The van der Waals surface area contributed by atoms with E-state index in [4.69, 9.17) is 11.1 Å². The van der Waals surface area contributed by atoms with E-state index in [2.05, 4.69) is 11.4 Å². The summed E-state index contributed by atoms with van der Waals surface area (Å²) in [5, 5.41) is 13.4. The first-order valence-corrected chi connectivity index (χ1v) is 11.1. The van der Waals surface area contributed by atoms with Crippen LogP contribution >= 0.6 is 11.8 Å². The minimum absolute atomic E-state index is 0.0578. The van der Waals surface area contributed by atoms with Gasteiger partial charge in [0.2, 0.25) is 11.8 Å². The molecule has 0 radical (unpaired) electrons. The molecule has 0 bridgehead atoms. The van der Waals surface area contributed by atoms with E-state index in [0.717, 1.165) is 12.8 Å². The fourth-order valence-corrected chi connectivity index (χ4v) is 4.78. The Morgan fingerprint density at radius 3 is 2.77 bits per heavy atom. The third-order valence-electron chi connectivity index (χ3n) is 5.50. The zero-order valence-corrected chi connectivity index (χ0v) is 17.6. The van der Waals surface area contributed by atoms with Crippen molar-refractivity contribution < 1.29 is 14.0 Å². The smallest absolute Gasteiger partial charge is 0.239 e. The molecule has 0 aliphatic carbocycles. The average molecular weight is 435 g/mol. The highest BCUT2D eigenvalue weighted by atomic mass is 32.2. The lowest BCUT2D eigenvalue weighted by molar-refractivity contribution is -0.132. The first-order chi connectivity index (χ1) is 14.5. The minimum atomic E-state index is -0.374. The van der Waals surface area contributed by atoms with Crippen LogP contribution in [0.1, 0.15) is 18.4 Å². The van der Waals surface area contributed by atoms with Gasteiger partial charge in [0.1, 0.15) is 11.9 Å². The third kappa shape index (κ3) is 5.92. The van der Waals surface area contributed by atoms with Crippen LogP contribution in [0, 0.1) is 17.1 Å². The highest BCUT2D eigenvalue weighted by Gasteiger charge is 2.31. The number of benzene rings is 1. The molecule has 162 valence electrons. The molecule has 3 rings (SSSR count). The normalized spacial score (nSPS) is 20.3.